The van der Waals surface area contributed by atoms with Crippen LogP contribution in [0.15, 0.2) is 18.2 Å². The van der Waals surface area contributed by atoms with Crippen molar-refractivity contribution in [2.45, 2.75) is 13.5 Å². The molecule has 2 rings (SSSR count). The topological polar surface area (TPSA) is 24.5 Å². The summed E-state index contributed by atoms with van der Waals surface area (Å²) in [5.74, 6) is 1.04. The molecular weight excluding hydrogens is 200 g/mol. The summed E-state index contributed by atoms with van der Waals surface area (Å²) in [7, 11) is 1.75. The normalized spacial score (nSPS) is 17.4. The summed E-state index contributed by atoms with van der Waals surface area (Å²) >= 11 is 0. The molecule has 0 unspecified atom stereocenters. The van der Waals surface area contributed by atoms with Gasteiger partial charge in [0.2, 0.25) is 0 Å². The molecule has 3 heteroatoms. The second kappa shape index (κ2) is 5.32. The van der Waals surface area contributed by atoms with Crippen molar-refractivity contribution in [2.75, 3.05) is 33.3 Å². The van der Waals surface area contributed by atoms with Gasteiger partial charge in [0.15, 0.2) is 0 Å². The first-order valence-electron chi connectivity index (χ1n) is 5.87. The summed E-state index contributed by atoms with van der Waals surface area (Å²) in [6.07, 6.45) is 0. The van der Waals surface area contributed by atoms with Crippen molar-refractivity contribution in [3.05, 3.63) is 29.3 Å². The number of ether oxygens (including phenoxy) is 1. The van der Waals surface area contributed by atoms with Crippen LogP contribution in [0.2, 0.25) is 0 Å². The second-order valence-electron chi connectivity index (χ2n) is 4.29. The number of nitrogens with zero attached hydrogens (tertiary/aromatic N) is 1. The molecule has 1 heterocycles. The molecule has 0 saturated carbocycles. The molecule has 0 aliphatic carbocycles. The van der Waals surface area contributed by atoms with Gasteiger partial charge in [0, 0.05) is 38.3 Å². The number of hydrogen-bond donors (Lipinski definition) is 1. The van der Waals surface area contributed by atoms with E-state index in [9.17, 15) is 0 Å². The number of para-hydroxylation sites is 1. The van der Waals surface area contributed by atoms with Gasteiger partial charge in [0.1, 0.15) is 5.75 Å². The summed E-state index contributed by atoms with van der Waals surface area (Å²) < 4.78 is 5.48. The Hall–Kier alpha value is -1.06. The lowest BCUT2D eigenvalue weighted by atomic mass is 10.1. The molecule has 0 radical (unpaired) electrons. The van der Waals surface area contributed by atoms with Crippen LogP contribution in [0.25, 0.3) is 0 Å². The number of hydrogen-bond acceptors (Lipinski definition) is 3. The number of piperazine rings is 1. The maximum atomic E-state index is 5.48. The molecule has 0 aromatic heterocycles. The van der Waals surface area contributed by atoms with Gasteiger partial charge in [-0.05, 0) is 12.5 Å². The Morgan fingerprint density at radius 1 is 1.31 bits per heavy atom. The summed E-state index contributed by atoms with van der Waals surface area (Å²) in [4.78, 5) is 2.47. The molecular formula is C13H20N2O. The molecule has 1 aliphatic rings. The molecule has 1 aromatic rings. The van der Waals surface area contributed by atoms with Crippen molar-refractivity contribution in [1.29, 1.82) is 0 Å². The molecule has 1 N–H and O–H groups in total. The highest BCUT2D eigenvalue weighted by atomic mass is 16.5. The lowest BCUT2D eigenvalue weighted by Crippen LogP contribution is -2.42. The molecule has 0 spiro atoms. The van der Waals surface area contributed by atoms with Gasteiger partial charge >= 0.3 is 0 Å². The molecule has 1 aliphatic heterocycles. The van der Waals surface area contributed by atoms with E-state index < -0.39 is 0 Å². The van der Waals surface area contributed by atoms with E-state index in [1.54, 1.807) is 7.11 Å². The van der Waals surface area contributed by atoms with E-state index in [4.69, 9.17) is 4.74 Å². The molecule has 88 valence electrons. The molecule has 16 heavy (non-hydrogen) atoms. The van der Waals surface area contributed by atoms with Crippen LogP contribution in [0.4, 0.5) is 0 Å². The quantitative estimate of drug-likeness (QED) is 0.833. The van der Waals surface area contributed by atoms with Crippen LogP contribution < -0.4 is 10.1 Å². The highest BCUT2D eigenvalue weighted by molar-refractivity contribution is 5.40. The zero-order valence-corrected chi connectivity index (χ0v) is 10.1. The molecule has 1 fully saturated rings. The third-order valence-electron chi connectivity index (χ3n) is 3.10. The fraction of sp³-hybridized carbons (Fsp3) is 0.538. The predicted molar refractivity (Wildman–Crippen MR) is 65.9 cm³/mol. The molecule has 1 aromatic carbocycles. The van der Waals surface area contributed by atoms with Gasteiger partial charge < -0.3 is 10.1 Å². The van der Waals surface area contributed by atoms with Gasteiger partial charge in [-0.3, -0.25) is 4.90 Å². The Kier molecular flexibility index (Phi) is 3.80. The third kappa shape index (κ3) is 2.54. The zero-order chi connectivity index (χ0) is 11.4. The number of methoxy groups -OCH3 is 1. The van der Waals surface area contributed by atoms with Gasteiger partial charge in [-0.1, -0.05) is 18.2 Å². The lowest BCUT2D eigenvalue weighted by molar-refractivity contribution is 0.230. The minimum absolute atomic E-state index is 0.993. The van der Waals surface area contributed by atoms with Gasteiger partial charge in [0.25, 0.3) is 0 Å². The first-order chi connectivity index (χ1) is 7.81. The maximum absolute atomic E-state index is 5.48. The highest BCUT2D eigenvalue weighted by Gasteiger charge is 2.13. The van der Waals surface area contributed by atoms with E-state index in [2.05, 4.69) is 35.3 Å². The smallest absolute Gasteiger partial charge is 0.126 e. The molecule has 1 saturated heterocycles. The number of benzene rings is 1. The molecule has 0 bridgehead atoms. The van der Waals surface area contributed by atoms with E-state index in [1.165, 1.54) is 11.1 Å². The van der Waals surface area contributed by atoms with Crippen molar-refractivity contribution in [3.63, 3.8) is 0 Å². The van der Waals surface area contributed by atoms with Gasteiger partial charge in [-0.2, -0.15) is 0 Å². The molecule has 0 amide bonds. The van der Waals surface area contributed by atoms with Crippen molar-refractivity contribution in [1.82, 2.24) is 10.2 Å². The Morgan fingerprint density at radius 3 is 2.75 bits per heavy atom. The fourth-order valence-electron chi connectivity index (χ4n) is 2.24. The van der Waals surface area contributed by atoms with Crippen LogP contribution in [0.1, 0.15) is 11.1 Å². The Balaban J connectivity index is 2.10. The minimum Gasteiger partial charge on any atom is -0.496 e. The maximum Gasteiger partial charge on any atom is 0.126 e. The van der Waals surface area contributed by atoms with Crippen LogP contribution in [0.3, 0.4) is 0 Å². The van der Waals surface area contributed by atoms with Gasteiger partial charge in [-0.15, -0.1) is 0 Å². The van der Waals surface area contributed by atoms with E-state index in [0.717, 1.165) is 38.5 Å². The number of nitrogens with one attached hydrogen (secondary N) is 1. The second-order valence-corrected chi connectivity index (χ2v) is 4.29. The Morgan fingerprint density at radius 2 is 2.06 bits per heavy atom. The summed E-state index contributed by atoms with van der Waals surface area (Å²) in [5.41, 5.74) is 2.51. The first kappa shape index (κ1) is 11.4. The van der Waals surface area contributed by atoms with Gasteiger partial charge in [0.05, 0.1) is 7.11 Å². The monoisotopic (exact) mass is 220 g/mol. The van der Waals surface area contributed by atoms with Crippen LogP contribution in [0.5, 0.6) is 5.75 Å². The highest BCUT2D eigenvalue weighted by Crippen LogP contribution is 2.24. The minimum atomic E-state index is 0.993. The van der Waals surface area contributed by atoms with Crippen LogP contribution in [0, 0.1) is 6.92 Å². The fourth-order valence-corrected chi connectivity index (χ4v) is 2.24. The Bertz CT molecular complexity index is 346. The van der Waals surface area contributed by atoms with Crippen molar-refractivity contribution in [2.24, 2.45) is 0 Å². The summed E-state index contributed by atoms with van der Waals surface area (Å²) in [6, 6.07) is 6.36. The van der Waals surface area contributed by atoms with Gasteiger partial charge in [-0.25, -0.2) is 0 Å². The van der Waals surface area contributed by atoms with Crippen LogP contribution >= 0.6 is 0 Å². The first-order valence-corrected chi connectivity index (χ1v) is 5.87. The van der Waals surface area contributed by atoms with E-state index in [0.29, 0.717) is 0 Å². The van der Waals surface area contributed by atoms with E-state index in [-0.39, 0.29) is 0 Å². The van der Waals surface area contributed by atoms with Crippen molar-refractivity contribution >= 4 is 0 Å². The predicted octanol–water partition coefficient (Wildman–Crippen LogP) is 1.41. The van der Waals surface area contributed by atoms with Crippen molar-refractivity contribution < 1.29 is 4.74 Å². The van der Waals surface area contributed by atoms with Crippen LogP contribution in [-0.4, -0.2) is 38.2 Å². The summed E-state index contributed by atoms with van der Waals surface area (Å²) in [6.45, 7) is 7.52. The van der Waals surface area contributed by atoms with E-state index >= 15 is 0 Å². The van der Waals surface area contributed by atoms with Crippen molar-refractivity contribution in [3.8, 4) is 5.75 Å². The molecule has 3 nitrogen and oxygen atoms in total. The SMILES string of the molecule is COc1c(C)cccc1CN1CCNCC1. The third-order valence-corrected chi connectivity index (χ3v) is 3.10. The average molecular weight is 220 g/mol. The zero-order valence-electron chi connectivity index (χ0n) is 10.1. The Labute approximate surface area is 97.4 Å². The lowest BCUT2D eigenvalue weighted by Gasteiger charge is -2.28. The molecule has 0 atom stereocenters. The van der Waals surface area contributed by atoms with Crippen LogP contribution in [-0.2, 0) is 6.54 Å². The van der Waals surface area contributed by atoms with E-state index in [1.807, 2.05) is 0 Å². The number of rotatable bonds is 3. The average Bonchev–Trinajstić information content (AvgIpc) is 2.31. The standard InChI is InChI=1S/C13H20N2O/c1-11-4-3-5-12(13(11)16-2)10-15-8-6-14-7-9-15/h3-5,14H,6-10H2,1-2H3. The number of aryl methyl sites for hydroxylation is 1. The largest absolute Gasteiger partial charge is 0.496 e. The summed E-state index contributed by atoms with van der Waals surface area (Å²) in [5, 5.41) is 3.37.